The molecule has 1 heteroatoms. The average molecular weight is 199 g/mol. The van der Waals surface area contributed by atoms with Gasteiger partial charge in [-0.1, -0.05) is 25.0 Å². The normalized spacial score (nSPS) is 15.3. The Kier molecular flexibility index (Phi) is 2.79. The maximum atomic E-state index is 9.19. The zero-order chi connectivity index (χ0) is 10.8. The fourth-order valence-electron chi connectivity index (χ4n) is 1.96. The van der Waals surface area contributed by atoms with Crippen molar-refractivity contribution in [2.24, 2.45) is 0 Å². The van der Waals surface area contributed by atoms with E-state index in [1.807, 2.05) is 19.1 Å². The van der Waals surface area contributed by atoms with Gasteiger partial charge in [0.25, 0.3) is 0 Å². The van der Waals surface area contributed by atoms with Gasteiger partial charge in [0.05, 0.1) is 6.61 Å². The zero-order valence-electron chi connectivity index (χ0n) is 8.96. The molecule has 0 saturated heterocycles. The van der Waals surface area contributed by atoms with Gasteiger partial charge in [0.15, 0.2) is 0 Å². The molecule has 0 unspecified atom stereocenters. The predicted octanol–water partition coefficient (Wildman–Crippen LogP) is 2.48. The quantitative estimate of drug-likeness (QED) is 0.741. The van der Waals surface area contributed by atoms with Crippen molar-refractivity contribution < 1.29 is 5.11 Å². The van der Waals surface area contributed by atoms with Gasteiger partial charge in [-0.2, -0.15) is 0 Å². The Morgan fingerprint density at radius 1 is 1.53 bits per heavy atom. The van der Waals surface area contributed by atoms with E-state index in [-0.39, 0.29) is 6.61 Å². The van der Waals surface area contributed by atoms with Crippen molar-refractivity contribution in [3.05, 3.63) is 40.8 Å². The minimum atomic E-state index is 0.105. The highest BCUT2D eigenvalue weighted by Gasteiger charge is 2.29. The first kappa shape index (κ1) is 10.3. The standard InChI is InChI=1S/C14H15O/c1-3-11-5-4-6-13(10(2)9-15)14(11)12-7-8-12/h1,4-6,12,15H,7-9H2,2H3. The van der Waals surface area contributed by atoms with E-state index in [4.69, 9.17) is 6.42 Å². The van der Waals surface area contributed by atoms with Crippen molar-refractivity contribution in [3.8, 4) is 12.3 Å². The van der Waals surface area contributed by atoms with Gasteiger partial charge < -0.3 is 5.11 Å². The summed E-state index contributed by atoms with van der Waals surface area (Å²) in [5, 5.41) is 9.19. The Morgan fingerprint density at radius 3 is 2.80 bits per heavy atom. The Morgan fingerprint density at radius 2 is 2.27 bits per heavy atom. The molecule has 0 bridgehead atoms. The van der Waals surface area contributed by atoms with Gasteiger partial charge in [-0.3, -0.25) is 0 Å². The third-order valence-corrected chi connectivity index (χ3v) is 2.94. The van der Waals surface area contributed by atoms with Crippen molar-refractivity contribution in [2.45, 2.75) is 25.7 Å². The number of hydrogen-bond acceptors (Lipinski definition) is 1. The minimum absolute atomic E-state index is 0.105. The molecule has 0 amide bonds. The largest absolute Gasteiger partial charge is 0.395 e. The molecule has 1 fully saturated rings. The molecule has 1 nitrogen and oxygen atoms in total. The van der Waals surface area contributed by atoms with Crippen LogP contribution in [-0.2, 0) is 0 Å². The number of hydrogen-bond donors (Lipinski definition) is 1. The van der Waals surface area contributed by atoms with Gasteiger partial charge in [-0.25, -0.2) is 0 Å². The van der Waals surface area contributed by atoms with E-state index in [0.29, 0.717) is 5.92 Å². The van der Waals surface area contributed by atoms with Crippen LogP contribution in [0.1, 0.15) is 42.4 Å². The van der Waals surface area contributed by atoms with Crippen molar-refractivity contribution in [1.29, 1.82) is 0 Å². The summed E-state index contributed by atoms with van der Waals surface area (Å²) in [5.41, 5.74) is 3.41. The number of terminal acetylenes is 1. The van der Waals surface area contributed by atoms with Crippen LogP contribution in [0.2, 0.25) is 0 Å². The second-order valence-corrected chi connectivity index (χ2v) is 4.12. The molecule has 1 saturated carbocycles. The van der Waals surface area contributed by atoms with Crippen LogP contribution in [0.25, 0.3) is 0 Å². The van der Waals surface area contributed by atoms with Gasteiger partial charge >= 0.3 is 0 Å². The second kappa shape index (κ2) is 4.08. The molecule has 2 rings (SSSR count). The summed E-state index contributed by atoms with van der Waals surface area (Å²) < 4.78 is 0. The number of benzene rings is 1. The van der Waals surface area contributed by atoms with E-state index in [1.165, 1.54) is 18.4 Å². The van der Waals surface area contributed by atoms with Gasteiger partial charge in [0.2, 0.25) is 0 Å². The Bertz CT molecular complexity index is 396. The summed E-state index contributed by atoms with van der Waals surface area (Å²) in [6, 6.07) is 6.01. The molecule has 0 spiro atoms. The third kappa shape index (κ3) is 1.91. The molecule has 1 aromatic carbocycles. The first-order valence-corrected chi connectivity index (χ1v) is 5.31. The van der Waals surface area contributed by atoms with Crippen LogP contribution in [0.5, 0.6) is 0 Å². The van der Waals surface area contributed by atoms with Crippen LogP contribution in [0, 0.1) is 18.3 Å². The fourth-order valence-corrected chi connectivity index (χ4v) is 1.96. The average Bonchev–Trinajstić information content (AvgIpc) is 3.10. The topological polar surface area (TPSA) is 20.2 Å². The molecule has 0 aromatic heterocycles. The molecular weight excluding hydrogens is 184 g/mol. The monoisotopic (exact) mass is 199 g/mol. The lowest BCUT2D eigenvalue weighted by molar-refractivity contribution is 0.314. The lowest BCUT2D eigenvalue weighted by atomic mass is 9.90. The molecule has 0 atom stereocenters. The molecule has 1 aliphatic rings. The van der Waals surface area contributed by atoms with Crippen LogP contribution in [0.3, 0.4) is 0 Å². The van der Waals surface area contributed by atoms with Crippen molar-refractivity contribution in [1.82, 2.24) is 0 Å². The highest BCUT2D eigenvalue weighted by molar-refractivity contribution is 5.52. The Hall–Kier alpha value is -1.26. The number of rotatable bonds is 3. The van der Waals surface area contributed by atoms with E-state index in [1.54, 1.807) is 0 Å². The molecule has 15 heavy (non-hydrogen) atoms. The summed E-state index contributed by atoms with van der Waals surface area (Å²) in [7, 11) is 0. The third-order valence-electron chi connectivity index (χ3n) is 2.94. The van der Waals surface area contributed by atoms with E-state index < -0.39 is 0 Å². The van der Waals surface area contributed by atoms with Crippen LogP contribution < -0.4 is 0 Å². The molecule has 1 N–H and O–H groups in total. The first-order chi connectivity index (χ1) is 7.27. The van der Waals surface area contributed by atoms with E-state index in [0.717, 1.165) is 17.0 Å². The first-order valence-electron chi connectivity index (χ1n) is 5.31. The molecule has 1 aromatic rings. The fraction of sp³-hybridized carbons (Fsp3) is 0.357. The smallest absolute Gasteiger partial charge is 0.0534 e. The summed E-state index contributed by atoms with van der Waals surface area (Å²) in [6.45, 7) is 2.06. The lowest BCUT2D eigenvalue weighted by Gasteiger charge is -2.15. The molecule has 77 valence electrons. The van der Waals surface area contributed by atoms with Gasteiger partial charge in [0, 0.05) is 11.5 Å². The molecule has 0 aliphatic heterocycles. The van der Waals surface area contributed by atoms with Crippen molar-refractivity contribution in [3.63, 3.8) is 0 Å². The van der Waals surface area contributed by atoms with E-state index >= 15 is 0 Å². The van der Waals surface area contributed by atoms with Crippen LogP contribution >= 0.6 is 0 Å². The summed E-state index contributed by atoms with van der Waals surface area (Å²) >= 11 is 0. The van der Waals surface area contributed by atoms with E-state index in [9.17, 15) is 5.11 Å². The Labute approximate surface area is 91.1 Å². The highest BCUT2D eigenvalue weighted by atomic mass is 16.3. The SMILES string of the molecule is C#Cc1cccc([C](C)CO)c1C1CC1. The van der Waals surface area contributed by atoms with Crippen LogP contribution in [-0.4, -0.2) is 11.7 Å². The van der Waals surface area contributed by atoms with E-state index in [2.05, 4.69) is 12.0 Å². The number of aliphatic hydroxyl groups excluding tert-OH is 1. The van der Waals surface area contributed by atoms with Crippen molar-refractivity contribution >= 4 is 0 Å². The minimum Gasteiger partial charge on any atom is -0.395 e. The summed E-state index contributed by atoms with van der Waals surface area (Å²) in [6.07, 6.45) is 7.96. The van der Waals surface area contributed by atoms with Crippen molar-refractivity contribution in [2.75, 3.05) is 6.61 Å². The zero-order valence-corrected chi connectivity index (χ0v) is 8.96. The van der Waals surface area contributed by atoms with Gasteiger partial charge in [-0.15, -0.1) is 6.42 Å². The highest BCUT2D eigenvalue weighted by Crippen LogP contribution is 2.44. The second-order valence-electron chi connectivity index (χ2n) is 4.12. The molecular formula is C14H15O. The predicted molar refractivity (Wildman–Crippen MR) is 61.5 cm³/mol. The molecule has 0 heterocycles. The lowest BCUT2D eigenvalue weighted by Crippen LogP contribution is -2.05. The summed E-state index contributed by atoms with van der Waals surface area (Å²) in [4.78, 5) is 0. The molecule has 1 radical (unpaired) electrons. The Balaban J connectivity index is 2.49. The van der Waals surface area contributed by atoms with Crippen LogP contribution in [0.4, 0.5) is 0 Å². The van der Waals surface area contributed by atoms with Crippen LogP contribution in [0.15, 0.2) is 18.2 Å². The maximum Gasteiger partial charge on any atom is 0.0534 e. The van der Waals surface area contributed by atoms with Gasteiger partial charge in [0.1, 0.15) is 0 Å². The number of aliphatic hydroxyl groups is 1. The van der Waals surface area contributed by atoms with Gasteiger partial charge in [-0.05, 0) is 36.0 Å². The summed E-state index contributed by atoms with van der Waals surface area (Å²) in [5.74, 6) is 4.37. The molecule has 1 aliphatic carbocycles. The maximum absolute atomic E-state index is 9.19.